The number of hydrogen-bond donors (Lipinski definition) is 0. The first-order valence-electron chi connectivity index (χ1n) is 6.17. The molecule has 0 N–H and O–H groups in total. The molecule has 0 aliphatic heterocycles. The summed E-state index contributed by atoms with van der Waals surface area (Å²) in [5.74, 6) is 0.303. The van der Waals surface area contributed by atoms with Crippen molar-refractivity contribution in [3.05, 3.63) is 64.2 Å². The van der Waals surface area contributed by atoms with E-state index in [0.29, 0.717) is 22.9 Å². The number of rotatable bonds is 4. The van der Waals surface area contributed by atoms with Crippen molar-refractivity contribution in [3.8, 4) is 5.75 Å². The van der Waals surface area contributed by atoms with Gasteiger partial charge in [-0.05, 0) is 42.3 Å². The Kier molecular flexibility index (Phi) is 4.64. The SMILES string of the molecule is COC(=O)c1ccc(COc2ccccc2Cl)c(C)c1. The quantitative estimate of drug-likeness (QED) is 0.798. The lowest BCUT2D eigenvalue weighted by atomic mass is 10.1. The predicted molar refractivity (Wildman–Crippen MR) is 78.3 cm³/mol. The van der Waals surface area contributed by atoms with Gasteiger partial charge in [-0.15, -0.1) is 0 Å². The minimum absolute atomic E-state index is 0.341. The summed E-state index contributed by atoms with van der Waals surface area (Å²) in [6.45, 7) is 2.33. The number of benzene rings is 2. The van der Waals surface area contributed by atoms with Crippen LogP contribution in [0, 0.1) is 6.92 Å². The largest absolute Gasteiger partial charge is 0.487 e. The summed E-state index contributed by atoms with van der Waals surface area (Å²) in [5, 5.41) is 0.580. The van der Waals surface area contributed by atoms with Gasteiger partial charge in [-0.2, -0.15) is 0 Å². The molecule has 20 heavy (non-hydrogen) atoms. The van der Waals surface area contributed by atoms with E-state index in [1.807, 2.05) is 31.2 Å². The molecule has 0 saturated heterocycles. The van der Waals surface area contributed by atoms with Crippen molar-refractivity contribution in [2.45, 2.75) is 13.5 Å². The van der Waals surface area contributed by atoms with Gasteiger partial charge in [-0.1, -0.05) is 29.8 Å². The van der Waals surface area contributed by atoms with Gasteiger partial charge in [0, 0.05) is 0 Å². The molecule has 0 saturated carbocycles. The number of para-hydroxylation sites is 1. The van der Waals surface area contributed by atoms with E-state index in [-0.39, 0.29) is 5.97 Å². The molecule has 2 rings (SSSR count). The molecule has 0 heterocycles. The monoisotopic (exact) mass is 290 g/mol. The van der Waals surface area contributed by atoms with Crippen LogP contribution >= 0.6 is 11.6 Å². The summed E-state index contributed by atoms with van der Waals surface area (Å²) in [6.07, 6.45) is 0. The molecule has 0 bridgehead atoms. The lowest BCUT2D eigenvalue weighted by Gasteiger charge is -2.10. The number of carbonyl (C=O) groups is 1. The fourth-order valence-corrected chi connectivity index (χ4v) is 2.01. The van der Waals surface area contributed by atoms with Gasteiger partial charge in [-0.25, -0.2) is 4.79 Å². The number of ether oxygens (including phenoxy) is 2. The second-order valence-corrected chi connectivity index (χ2v) is 4.76. The zero-order chi connectivity index (χ0) is 14.5. The fraction of sp³-hybridized carbons (Fsp3) is 0.188. The Bertz CT molecular complexity index is 623. The van der Waals surface area contributed by atoms with Crippen molar-refractivity contribution in [1.29, 1.82) is 0 Å². The van der Waals surface area contributed by atoms with E-state index >= 15 is 0 Å². The van der Waals surface area contributed by atoms with Gasteiger partial charge in [0.1, 0.15) is 12.4 Å². The Balaban J connectivity index is 2.11. The van der Waals surface area contributed by atoms with Gasteiger partial charge < -0.3 is 9.47 Å². The standard InChI is InChI=1S/C16H15ClO3/c1-11-9-12(16(18)19-2)7-8-13(11)10-20-15-6-4-3-5-14(15)17/h3-9H,10H2,1-2H3. The van der Waals surface area contributed by atoms with Crippen LogP contribution in [0.15, 0.2) is 42.5 Å². The molecule has 0 fully saturated rings. The highest BCUT2D eigenvalue weighted by Crippen LogP contribution is 2.24. The van der Waals surface area contributed by atoms with Gasteiger partial charge in [-0.3, -0.25) is 0 Å². The molecule has 4 heteroatoms. The molecular formula is C16H15ClO3. The van der Waals surface area contributed by atoms with Gasteiger partial charge in [0.05, 0.1) is 17.7 Å². The smallest absolute Gasteiger partial charge is 0.337 e. The van der Waals surface area contributed by atoms with Crippen LogP contribution in [0.5, 0.6) is 5.75 Å². The van der Waals surface area contributed by atoms with E-state index < -0.39 is 0 Å². The minimum atomic E-state index is -0.341. The second-order valence-electron chi connectivity index (χ2n) is 4.35. The molecule has 0 amide bonds. The Morgan fingerprint density at radius 1 is 1.20 bits per heavy atom. The highest BCUT2D eigenvalue weighted by Gasteiger charge is 2.08. The normalized spacial score (nSPS) is 10.2. The van der Waals surface area contributed by atoms with Crippen LogP contribution in [0.25, 0.3) is 0 Å². The maximum Gasteiger partial charge on any atom is 0.337 e. The van der Waals surface area contributed by atoms with Crippen LogP contribution in [-0.4, -0.2) is 13.1 Å². The average Bonchev–Trinajstić information content (AvgIpc) is 2.46. The van der Waals surface area contributed by atoms with E-state index in [4.69, 9.17) is 16.3 Å². The van der Waals surface area contributed by atoms with E-state index in [0.717, 1.165) is 11.1 Å². The molecule has 0 aliphatic carbocycles. The summed E-state index contributed by atoms with van der Waals surface area (Å²) in [7, 11) is 1.37. The molecule has 0 spiro atoms. The summed E-state index contributed by atoms with van der Waals surface area (Å²) in [5.41, 5.74) is 2.50. The lowest BCUT2D eigenvalue weighted by Crippen LogP contribution is -2.04. The summed E-state index contributed by atoms with van der Waals surface area (Å²) >= 11 is 6.03. The molecule has 2 aromatic carbocycles. The maximum atomic E-state index is 11.4. The van der Waals surface area contributed by atoms with E-state index in [2.05, 4.69) is 4.74 Å². The first-order valence-corrected chi connectivity index (χ1v) is 6.55. The molecular weight excluding hydrogens is 276 g/mol. The van der Waals surface area contributed by atoms with Gasteiger partial charge >= 0.3 is 5.97 Å². The molecule has 3 nitrogen and oxygen atoms in total. The number of carbonyl (C=O) groups excluding carboxylic acids is 1. The van der Waals surface area contributed by atoms with Crippen molar-refractivity contribution in [2.24, 2.45) is 0 Å². The van der Waals surface area contributed by atoms with Crippen LogP contribution in [0.1, 0.15) is 21.5 Å². The Hall–Kier alpha value is -2.00. The van der Waals surface area contributed by atoms with Crippen molar-refractivity contribution in [1.82, 2.24) is 0 Å². The van der Waals surface area contributed by atoms with Gasteiger partial charge in [0.25, 0.3) is 0 Å². The maximum absolute atomic E-state index is 11.4. The number of aryl methyl sites for hydroxylation is 1. The molecule has 0 aliphatic rings. The summed E-state index contributed by atoms with van der Waals surface area (Å²) < 4.78 is 10.4. The van der Waals surface area contributed by atoms with Gasteiger partial charge in [0.15, 0.2) is 0 Å². The van der Waals surface area contributed by atoms with Crippen molar-refractivity contribution >= 4 is 17.6 Å². The highest BCUT2D eigenvalue weighted by atomic mass is 35.5. The van der Waals surface area contributed by atoms with Crippen LogP contribution in [-0.2, 0) is 11.3 Å². The first-order chi connectivity index (χ1) is 9.61. The molecule has 0 atom stereocenters. The topological polar surface area (TPSA) is 35.5 Å². The number of hydrogen-bond acceptors (Lipinski definition) is 3. The van der Waals surface area contributed by atoms with Crippen LogP contribution < -0.4 is 4.74 Å². The number of halogens is 1. The zero-order valence-electron chi connectivity index (χ0n) is 11.4. The van der Waals surface area contributed by atoms with Crippen LogP contribution in [0.4, 0.5) is 0 Å². The van der Waals surface area contributed by atoms with Crippen molar-refractivity contribution < 1.29 is 14.3 Å². The third-order valence-electron chi connectivity index (χ3n) is 2.98. The van der Waals surface area contributed by atoms with Gasteiger partial charge in [0.2, 0.25) is 0 Å². The Labute approximate surface area is 123 Å². The summed E-state index contributed by atoms with van der Waals surface area (Å²) in [4.78, 5) is 11.4. The number of methoxy groups -OCH3 is 1. The molecule has 104 valence electrons. The average molecular weight is 291 g/mol. The molecule has 0 aromatic heterocycles. The zero-order valence-corrected chi connectivity index (χ0v) is 12.1. The van der Waals surface area contributed by atoms with Crippen molar-refractivity contribution in [2.75, 3.05) is 7.11 Å². The minimum Gasteiger partial charge on any atom is -0.487 e. The lowest BCUT2D eigenvalue weighted by molar-refractivity contribution is 0.0600. The van der Waals surface area contributed by atoms with E-state index in [1.165, 1.54) is 7.11 Å². The van der Waals surface area contributed by atoms with Crippen LogP contribution in [0.3, 0.4) is 0 Å². The van der Waals surface area contributed by atoms with E-state index in [1.54, 1.807) is 18.2 Å². The second kappa shape index (κ2) is 6.44. The predicted octanol–water partition coefficient (Wildman–Crippen LogP) is 4.01. The third-order valence-corrected chi connectivity index (χ3v) is 3.30. The molecule has 0 unspecified atom stereocenters. The Morgan fingerprint density at radius 2 is 1.95 bits per heavy atom. The molecule has 0 radical (unpaired) electrons. The van der Waals surface area contributed by atoms with Crippen LogP contribution in [0.2, 0.25) is 5.02 Å². The summed E-state index contributed by atoms with van der Waals surface area (Å²) in [6, 6.07) is 12.7. The Morgan fingerprint density at radius 3 is 2.60 bits per heavy atom. The number of esters is 1. The fourth-order valence-electron chi connectivity index (χ4n) is 1.82. The first kappa shape index (κ1) is 14.4. The third kappa shape index (κ3) is 3.31. The molecule has 2 aromatic rings. The van der Waals surface area contributed by atoms with Crippen molar-refractivity contribution in [3.63, 3.8) is 0 Å². The van der Waals surface area contributed by atoms with E-state index in [9.17, 15) is 4.79 Å². The highest BCUT2D eigenvalue weighted by molar-refractivity contribution is 6.32.